The average Bonchev–Trinajstić information content (AvgIpc) is 2.56. The highest BCUT2D eigenvalue weighted by atomic mass is 32.1. The molecule has 0 saturated heterocycles. The van der Waals surface area contributed by atoms with Crippen LogP contribution in [0.5, 0.6) is 0 Å². The summed E-state index contributed by atoms with van der Waals surface area (Å²) >= 11 is 5.18. The van der Waals surface area contributed by atoms with E-state index in [0.29, 0.717) is 11.6 Å². The molecule has 2 aromatic carbocycles. The van der Waals surface area contributed by atoms with Crippen LogP contribution in [0, 0.1) is 15.9 Å². The van der Waals surface area contributed by atoms with Crippen molar-refractivity contribution in [2.24, 2.45) is 0 Å². The number of anilines is 2. The summed E-state index contributed by atoms with van der Waals surface area (Å²) in [4.78, 5) is 9.98. The molecule has 7 heteroatoms. The zero-order valence-electron chi connectivity index (χ0n) is 13.4. The lowest BCUT2D eigenvalue weighted by molar-refractivity contribution is -0.387. The fraction of sp³-hybridized carbons (Fsp3) is 0.235. The SMILES string of the molecule is CCC(C)c1ccc(NC(=S)Nc2ccc(F)c([N+](=O)[O-])c2)cc1. The van der Waals surface area contributed by atoms with Crippen molar-refractivity contribution in [1.29, 1.82) is 0 Å². The third kappa shape index (κ3) is 4.48. The molecule has 0 saturated carbocycles. The molecule has 0 aromatic heterocycles. The molecule has 0 bridgehead atoms. The van der Waals surface area contributed by atoms with Crippen LogP contribution in [0.3, 0.4) is 0 Å². The predicted octanol–water partition coefficient (Wildman–Crippen LogP) is 5.06. The number of nitro groups is 1. The van der Waals surface area contributed by atoms with Crippen LogP contribution in [0.2, 0.25) is 0 Å². The van der Waals surface area contributed by atoms with Crippen LogP contribution in [0.25, 0.3) is 0 Å². The number of halogens is 1. The Morgan fingerprint density at radius 3 is 2.38 bits per heavy atom. The van der Waals surface area contributed by atoms with Crippen LogP contribution in [0.1, 0.15) is 31.7 Å². The van der Waals surface area contributed by atoms with Crippen LogP contribution in [-0.4, -0.2) is 10.0 Å². The van der Waals surface area contributed by atoms with E-state index >= 15 is 0 Å². The number of nitrogens with zero attached hydrogens (tertiary/aromatic N) is 1. The molecule has 5 nitrogen and oxygen atoms in total. The smallest absolute Gasteiger partial charge is 0.306 e. The fourth-order valence-electron chi connectivity index (χ4n) is 2.15. The van der Waals surface area contributed by atoms with Gasteiger partial charge in [0.15, 0.2) is 5.11 Å². The van der Waals surface area contributed by atoms with E-state index in [2.05, 4.69) is 24.5 Å². The minimum absolute atomic E-state index is 0.271. The highest BCUT2D eigenvalue weighted by molar-refractivity contribution is 7.80. The Labute approximate surface area is 145 Å². The summed E-state index contributed by atoms with van der Waals surface area (Å²) in [5.41, 5.74) is 1.80. The molecule has 0 radical (unpaired) electrons. The molecular formula is C17H18FN3O2S. The lowest BCUT2D eigenvalue weighted by Gasteiger charge is -2.13. The lowest BCUT2D eigenvalue weighted by atomic mass is 9.99. The number of hydrogen-bond donors (Lipinski definition) is 2. The minimum Gasteiger partial charge on any atom is -0.332 e. The van der Waals surface area contributed by atoms with Gasteiger partial charge in [-0.3, -0.25) is 10.1 Å². The Hall–Kier alpha value is -2.54. The molecule has 1 atom stereocenters. The number of thiocarbonyl (C=S) groups is 1. The molecule has 0 aliphatic heterocycles. The second-order valence-electron chi connectivity index (χ2n) is 5.43. The zero-order chi connectivity index (χ0) is 17.7. The number of nitro benzene ring substituents is 1. The molecule has 0 aliphatic carbocycles. The molecular weight excluding hydrogens is 329 g/mol. The molecule has 0 fully saturated rings. The summed E-state index contributed by atoms with van der Waals surface area (Å²) in [7, 11) is 0. The van der Waals surface area contributed by atoms with Crippen molar-refractivity contribution in [2.45, 2.75) is 26.2 Å². The fourth-order valence-corrected chi connectivity index (χ4v) is 2.39. The molecule has 0 amide bonds. The predicted molar refractivity (Wildman–Crippen MR) is 98.0 cm³/mol. The van der Waals surface area contributed by atoms with Gasteiger partial charge in [0, 0.05) is 17.4 Å². The third-order valence-electron chi connectivity index (χ3n) is 3.75. The first-order chi connectivity index (χ1) is 11.4. The van der Waals surface area contributed by atoms with Crippen LogP contribution >= 0.6 is 12.2 Å². The van der Waals surface area contributed by atoms with Gasteiger partial charge in [-0.2, -0.15) is 4.39 Å². The summed E-state index contributed by atoms with van der Waals surface area (Å²) in [6, 6.07) is 11.4. The Balaban J connectivity index is 2.03. The first-order valence-electron chi connectivity index (χ1n) is 7.52. The Kier molecular flexibility index (Phi) is 5.81. The van der Waals surface area contributed by atoms with E-state index < -0.39 is 16.4 Å². The van der Waals surface area contributed by atoms with E-state index in [4.69, 9.17) is 12.2 Å². The summed E-state index contributed by atoms with van der Waals surface area (Å²) in [5.74, 6) is -0.394. The first kappa shape index (κ1) is 17.8. The minimum atomic E-state index is -0.884. The van der Waals surface area contributed by atoms with E-state index in [1.807, 2.05) is 24.3 Å². The average molecular weight is 347 g/mol. The number of rotatable bonds is 5. The van der Waals surface area contributed by atoms with Gasteiger partial charge in [-0.05, 0) is 54.4 Å². The molecule has 2 aromatic rings. The number of benzene rings is 2. The van der Waals surface area contributed by atoms with Crippen molar-refractivity contribution in [3.05, 3.63) is 64.0 Å². The Bertz CT molecular complexity index is 750. The van der Waals surface area contributed by atoms with E-state index in [1.54, 1.807) is 0 Å². The van der Waals surface area contributed by atoms with Crippen molar-refractivity contribution >= 4 is 34.4 Å². The molecule has 0 aliphatic rings. The first-order valence-corrected chi connectivity index (χ1v) is 7.93. The maximum absolute atomic E-state index is 13.3. The standard InChI is InChI=1S/C17H18FN3O2S/c1-3-11(2)12-4-6-13(7-5-12)19-17(24)20-14-8-9-15(18)16(10-14)21(22)23/h4-11H,3H2,1-2H3,(H2,19,20,24). The molecule has 24 heavy (non-hydrogen) atoms. The van der Waals surface area contributed by atoms with Gasteiger partial charge in [-0.1, -0.05) is 26.0 Å². The van der Waals surface area contributed by atoms with Crippen molar-refractivity contribution in [3.63, 3.8) is 0 Å². The largest absolute Gasteiger partial charge is 0.332 e. The van der Waals surface area contributed by atoms with Crippen LogP contribution in [0.4, 0.5) is 21.5 Å². The maximum atomic E-state index is 13.3. The lowest BCUT2D eigenvalue weighted by Crippen LogP contribution is -2.19. The van der Waals surface area contributed by atoms with Crippen molar-refractivity contribution in [3.8, 4) is 0 Å². The Morgan fingerprint density at radius 2 is 1.79 bits per heavy atom. The van der Waals surface area contributed by atoms with Crippen molar-refractivity contribution in [2.75, 3.05) is 10.6 Å². The van der Waals surface area contributed by atoms with E-state index in [-0.39, 0.29) is 5.11 Å². The van der Waals surface area contributed by atoms with Crippen LogP contribution in [0.15, 0.2) is 42.5 Å². The summed E-state index contributed by atoms with van der Waals surface area (Å²) in [6.07, 6.45) is 1.07. The van der Waals surface area contributed by atoms with Gasteiger partial charge >= 0.3 is 5.69 Å². The maximum Gasteiger partial charge on any atom is 0.306 e. The van der Waals surface area contributed by atoms with E-state index in [9.17, 15) is 14.5 Å². The van der Waals surface area contributed by atoms with Gasteiger partial charge < -0.3 is 10.6 Å². The van der Waals surface area contributed by atoms with Crippen molar-refractivity contribution in [1.82, 2.24) is 0 Å². The molecule has 2 N–H and O–H groups in total. The van der Waals surface area contributed by atoms with Crippen LogP contribution in [-0.2, 0) is 0 Å². The molecule has 126 valence electrons. The second kappa shape index (κ2) is 7.83. The Morgan fingerprint density at radius 1 is 1.21 bits per heavy atom. The summed E-state index contributed by atoms with van der Waals surface area (Å²) in [5, 5.41) is 16.8. The highest BCUT2D eigenvalue weighted by Gasteiger charge is 2.14. The van der Waals surface area contributed by atoms with Gasteiger partial charge in [0.05, 0.1) is 4.92 Å². The molecule has 0 heterocycles. The van der Waals surface area contributed by atoms with Gasteiger partial charge in [0.1, 0.15) is 0 Å². The van der Waals surface area contributed by atoms with Gasteiger partial charge in [0.25, 0.3) is 0 Å². The molecule has 1 unspecified atom stereocenters. The number of hydrogen-bond acceptors (Lipinski definition) is 3. The summed E-state index contributed by atoms with van der Waals surface area (Å²) < 4.78 is 13.3. The van der Waals surface area contributed by atoms with Gasteiger partial charge in [0.2, 0.25) is 5.82 Å². The normalized spacial score (nSPS) is 11.6. The zero-order valence-corrected chi connectivity index (χ0v) is 14.2. The third-order valence-corrected chi connectivity index (χ3v) is 3.95. The van der Waals surface area contributed by atoms with Gasteiger partial charge in [-0.25, -0.2) is 0 Å². The van der Waals surface area contributed by atoms with Crippen molar-refractivity contribution < 1.29 is 9.31 Å². The monoisotopic (exact) mass is 347 g/mol. The van der Waals surface area contributed by atoms with E-state index in [0.717, 1.165) is 24.2 Å². The highest BCUT2D eigenvalue weighted by Crippen LogP contribution is 2.23. The second-order valence-corrected chi connectivity index (χ2v) is 5.84. The number of nitrogens with one attached hydrogen (secondary N) is 2. The van der Waals surface area contributed by atoms with Gasteiger partial charge in [-0.15, -0.1) is 0 Å². The summed E-state index contributed by atoms with van der Waals surface area (Å²) in [6.45, 7) is 4.30. The van der Waals surface area contributed by atoms with E-state index in [1.165, 1.54) is 11.6 Å². The molecule has 0 spiro atoms. The quantitative estimate of drug-likeness (QED) is 0.450. The van der Waals surface area contributed by atoms with Crippen LogP contribution < -0.4 is 10.6 Å². The topological polar surface area (TPSA) is 67.2 Å². The molecule has 2 rings (SSSR count).